The molecule has 0 radical (unpaired) electrons. The Morgan fingerprint density at radius 3 is 2.21 bits per heavy atom. The first kappa shape index (κ1) is 14.9. The smallest absolute Gasteiger partial charge is 0.253 e. The van der Waals surface area contributed by atoms with Crippen molar-refractivity contribution in [3.05, 3.63) is 42.5 Å². The molecule has 2 fully saturated rings. The zero-order valence-corrected chi connectivity index (χ0v) is 13.3. The van der Waals surface area contributed by atoms with E-state index < -0.39 is 0 Å². The normalized spacial score (nSPS) is 17.8. The maximum Gasteiger partial charge on any atom is 0.253 e. The lowest BCUT2D eigenvalue weighted by Crippen LogP contribution is -2.51. The Bertz CT molecular complexity index is 729. The fraction of sp³-hybridized carbons (Fsp3) is 0.412. The van der Waals surface area contributed by atoms with Crippen molar-refractivity contribution >= 4 is 11.8 Å². The zero-order chi connectivity index (χ0) is 16.5. The van der Waals surface area contributed by atoms with Gasteiger partial charge in [0.05, 0.1) is 5.69 Å². The van der Waals surface area contributed by atoms with Crippen LogP contribution in [-0.4, -0.2) is 62.6 Å². The number of benzene rings is 1. The van der Waals surface area contributed by atoms with Gasteiger partial charge in [-0.15, -0.1) is 0 Å². The van der Waals surface area contributed by atoms with Crippen molar-refractivity contribution in [1.82, 2.24) is 24.6 Å². The Morgan fingerprint density at radius 2 is 1.62 bits per heavy atom. The molecule has 7 heteroatoms. The predicted molar refractivity (Wildman–Crippen MR) is 86.6 cm³/mol. The molecule has 7 nitrogen and oxygen atoms in total. The summed E-state index contributed by atoms with van der Waals surface area (Å²) in [6.07, 6.45) is 5.14. The summed E-state index contributed by atoms with van der Waals surface area (Å²) in [6, 6.07) is 7.33. The molecule has 2 aromatic rings. The van der Waals surface area contributed by atoms with Crippen molar-refractivity contribution in [3.8, 4) is 5.69 Å². The number of nitrogens with zero attached hydrogens (tertiary/aromatic N) is 5. The molecule has 1 saturated carbocycles. The maximum atomic E-state index is 12.6. The number of rotatable bonds is 3. The van der Waals surface area contributed by atoms with Crippen molar-refractivity contribution in [3.63, 3.8) is 0 Å². The third-order valence-electron chi connectivity index (χ3n) is 4.60. The molecular formula is C17H19N5O2. The van der Waals surface area contributed by atoms with Crippen LogP contribution in [0.2, 0.25) is 0 Å². The van der Waals surface area contributed by atoms with Crippen LogP contribution in [0.4, 0.5) is 0 Å². The number of aromatic nitrogens is 3. The van der Waals surface area contributed by atoms with Gasteiger partial charge in [-0.05, 0) is 37.1 Å². The lowest BCUT2D eigenvalue weighted by atomic mass is 10.1. The van der Waals surface area contributed by atoms with Gasteiger partial charge in [-0.1, -0.05) is 0 Å². The zero-order valence-electron chi connectivity index (χ0n) is 13.3. The van der Waals surface area contributed by atoms with E-state index in [0.29, 0.717) is 31.7 Å². The van der Waals surface area contributed by atoms with Crippen LogP contribution in [0.3, 0.4) is 0 Å². The van der Waals surface area contributed by atoms with Gasteiger partial charge >= 0.3 is 0 Å². The third kappa shape index (κ3) is 2.89. The van der Waals surface area contributed by atoms with Crippen molar-refractivity contribution in [2.45, 2.75) is 12.8 Å². The second kappa shape index (κ2) is 6.07. The molecule has 24 heavy (non-hydrogen) atoms. The van der Waals surface area contributed by atoms with E-state index >= 15 is 0 Å². The number of carbonyl (C=O) groups excluding carboxylic acids is 2. The predicted octanol–water partition coefficient (Wildman–Crippen LogP) is 0.962. The highest BCUT2D eigenvalue weighted by Gasteiger charge is 2.35. The fourth-order valence-electron chi connectivity index (χ4n) is 3.00. The molecule has 0 atom stereocenters. The van der Waals surface area contributed by atoms with Crippen molar-refractivity contribution in [1.29, 1.82) is 0 Å². The fourth-order valence-corrected chi connectivity index (χ4v) is 3.00. The minimum Gasteiger partial charge on any atom is -0.339 e. The van der Waals surface area contributed by atoms with Gasteiger partial charge in [-0.25, -0.2) is 9.67 Å². The standard InChI is InChI=1S/C17H19N5O2/c23-16(13-1-2-13)20-7-9-21(10-8-20)17(24)14-3-5-15(6-4-14)22-12-18-11-19-22/h3-6,11-13H,1-2,7-10H2. The molecular weight excluding hydrogens is 306 g/mol. The molecule has 0 unspecified atom stereocenters. The van der Waals surface area contributed by atoms with Crippen LogP contribution in [0.25, 0.3) is 5.69 Å². The van der Waals surface area contributed by atoms with Gasteiger partial charge in [0.2, 0.25) is 5.91 Å². The molecule has 1 aromatic carbocycles. The van der Waals surface area contributed by atoms with Gasteiger partial charge in [-0.2, -0.15) is 5.10 Å². The summed E-state index contributed by atoms with van der Waals surface area (Å²) in [4.78, 5) is 32.3. The van der Waals surface area contributed by atoms with Gasteiger partial charge in [0.15, 0.2) is 0 Å². The number of carbonyl (C=O) groups is 2. The van der Waals surface area contributed by atoms with E-state index in [1.807, 2.05) is 21.9 Å². The van der Waals surface area contributed by atoms with Crippen LogP contribution in [0, 0.1) is 5.92 Å². The van der Waals surface area contributed by atoms with Gasteiger partial charge < -0.3 is 9.80 Å². The highest BCUT2D eigenvalue weighted by molar-refractivity contribution is 5.94. The summed E-state index contributed by atoms with van der Waals surface area (Å²) in [7, 11) is 0. The first-order valence-corrected chi connectivity index (χ1v) is 8.25. The second-order valence-corrected chi connectivity index (χ2v) is 6.28. The Morgan fingerprint density at radius 1 is 0.958 bits per heavy atom. The van der Waals surface area contributed by atoms with E-state index in [9.17, 15) is 9.59 Å². The van der Waals surface area contributed by atoms with Crippen LogP contribution in [0.1, 0.15) is 23.2 Å². The lowest BCUT2D eigenvalue weighted by Gasteiger charge is -2.35. The molecule has 2 heterocycles. The van der Waals surface area contributed by atoms with Gasteiger partial charge in [-0.3, -0.25) is 9.59 Å². The first-order valence-electron chi connectivity index (χ1n) is 8.25. The van der Waals surface area contributed by atoms with Crippen LogP contribution < -0.4 is 0 Å². The topological polar surface area (TPSA) is 71.3 Å². The van der Waals surface area contributed by atoms with Crippen molar-refractivity contribution in [2.24, 2.45) is 5.92 Å². The van der Waals surface area contributed by atoms with E-state index in [0.717, 1.165) is 18.5 Å². The minimum absolute atomic E-state index is 0.0126. The monoisotopic (exact) mass is 325 g/mol. The summed E-state index contributed by atoms with van der Waals surface area (Å²) in [5.74, 6) is 0.523. The van der Waals surface area contributed by atoms with E-state index in [2.05, 4.69) is 10.1 Å². The highest BCUT2D eigenvalue weighted by Crippen LogP contribution is 2.31. The quantitative estimate of drug-likeness (QED) is 0.843. The number of amides is 2. The molecule has 0 N–H and O–H groups in total. The summed E-state index contributed by atoms with van der Waals surface area (Å²) >= 11 is 0. The van der Waals surface area contributed by atoms with Crippen LogP contribution in [-0.2, 0) is 4.79 Å². The molecule has 2 aliphatic rings. The van der Waals surface area contributed by atoms with E-state index in [4.69, 9.17) is 0 Å². The van der Waals surface area contributed by atoms with Crippen LogP contribution in [0.15, 0.2) is 36.9 Å². The summed E-state index contributed by atoms with van der Waals surface area (Å²) < 4.78 is 1.65. The summed E-state index contributed by atoms with van der Waals surface area (Å²) in [5.41, 5.74) is 1.52. The van der Waals surface area contributed by atoms with Gasteiger partial charge in [0.1, 0.15) is 12.7 Å². The number of piperazine rings is 1. The van der Waals surface area contributed by atoms with Crippen LogP contribution >= 0.6 is 0 Å². The molecule has 1 aliphatic carbocycles. The largest absolute Gasteiger partial charge is 0.339 e. The molecule has 1 aromatic heterocycles. The molecule has 0 spiro atoms. The molecule has 4 rings (SSSR count). The Labute approximate surface area is 139 Å². The lowest BCUT2D eigenvalue weighted by molar-refractivity contribution is -0.134. The van der Waals surface area contributed by atoms with E-state index in [-0.39, 0.29) is 17.7 Å². The number of hydrogen-bond acceptors (Lipinski definition) is 4. The Balaban J connectivity index is 1.38. The van der Waals surface area contributed by atoms with Crippen molar-refractivity contribution < 1.29 is 9.59 Å². The molecule has 1 aliphatic heterocycles. The summed E-state index contributed by atoms with van der Waals surface area (Å²) in [5, 5.41) is 4.07. The second-order valence-electron chi connectivity index (χ2n) is 6.28. The van der Waals surface area contributed by atoms with E-state index in [1.165, 1.54) is 6.33 Å². The van der Waals surface area contributed by atoms with Gasteiger partial charge in [0.25, 0.3) is 5.91 Å². The van der Waals surface area contributed by atoms with E-state index in [1.54, 1.807) is 23.1 Å². The molecule has 0 bridgehead atoms. The third-order valence-corrected chi connectivity index (χ3v) is 4.60. The molecule has 1 saturated heterocycles. The first-order chi connectivity index (χ1) is 11.7. The van der Waals surface area contributed by atoms with Crippen molar-refractivity contribution in [2.75, 3.05) is 26.2 Å². The minimum atomic E-state index is 0.0126. The molecule has 124 valence electrons. The maximum absolute atomic E-state index is 12.6. The van der Waals surface area contributed by atoms with Crippen LogP contribution in [0.5, 0.6) is 0 Å². The Kier molecular flexibility index (Phi) is 3.76. The average Bonchev–Trinajstić information content (AvgIpc) is 3.35. The molecule has 2 amide bonds. The number of hydrogen-bond donors (Lipinski definition) is 0. The Hall–Kier alpha value is -2.70. The average molecular weight is 325 g/mol. The highest BCUT2D eigenvalue weighted by atomic mass is 16.2. The summed E-state index contributed by atoms with van der Waals surface area (Å²) in [6.45, 7) is 2.47. The SMILES string of the molecule is O=C(c1ccc(-n2cncn2)cc1)N1CCN(C(=O)C2CC2)CC1. The van der Waals surface area contributed by atoms with Gasteiger partial charge in [0, 0.05) is 37.7 Å².